The van der Waals surface area contributed by atoms with Gasteiger partial charge in [-0.05, 0) is 46.1 Å². The number of aliphatic hydroxyl groups is 1. The fourth-order valence-corrected chi connectivity index (χ4v) is 2.07. The largest absolute Gasteiger partial charge is 0.491 e. The van der Waals surface area contributed by atoms with Gasteiger partial charge in [-0.2, -0.15) is 0 Å². The lowest BCUT2D eigenvalue weighted by Crippen LogP contribution is -2.33. The second-order valence-corrected chi connectivity index (χ2v) is 6.09. The van der Waals surface area contributed by atoms with Crippen LogP contribution in [0, 0.1) is 0 Å². The number of hydrogen-bond acceptors (Lipinski definition) is 4. The summed E-state index contributed by atoms with van der Waals surface area (Å²) in [6, 6.07) is 0. The second-order valence-electron chi connectivity index (χ2n) is 6.09. The molecule has 0 bridgehead atoms. The lowest BCUT2D eigenvalue weighted by atomic mass is 9.99. The molecule has 6 heteroatoms. The Kier molecular flexibility index (Phi) is 7.38. The zero-order valence-corrected chi connectivity index (χ0v) is 13.6. The molecule has 0 spiro atoms. The molecule has 1 amide bonds. The van der Waals surface area contributed by atoms with Crippen LogP contribution in [0.25, 0.3) is 0 Å². The molecule has 0 saturated heterocycles. The normalized spacial score (nSPS) is 15.4. The van der Waals surface area contributed by atoms with E-state index in [2.05, 4.69) is 5.32 Å². The number of aliphatic hydroxyl groups excluding tert-OH is 1. The maximum Gasteiger partial charge on any atom is 0.407 e. The highest BCUT2D eigenvalue weighted by Crippen LogP contribution is 2.30. The Morgan fingerprint density at radius 2 is 2.18 bits per heavy atom. The average molecular weight is 315 g/mol. The molecule has 126 valence electrons. The minimum Gasteiger partial charge on any atom is -0.491 e. The van der Waals surface area contributed by atoms with E-state index < -0.39 is 11.7 Å². The van der Waals surface area contributed by atoms with Crippen molar-refractivity contribution in [2.75, 3.05) is 19.8 Å². The number of allylic oxidation sites excluding steroid dienone is 3. The molecular formula is C16H26FNO4. The molecule has 2 N–H and O–H groups in total. The van der Waals surface area contributed by atoms with Crippen molar-refractivity contribution in [1.82, 2.24) is 5.32 Å². The third kappa shape index (κ3) is 6.93. The van der Waals surface area contributed by atoms with Gasteiger partial charge >= 0.3 is 6.09 Å². The zero-order chi connectivity index (χ0) is 16.6. The molecule has 0 atom stereocenters. The monoisotopic (exact) mass is 315 g/mol. The Balaban J connectivity index is 2.39. The van der Waals surface area contributed by atoms with Crippen LogP contribution in [0.15, 0.2) is 23.2 Å². The molecule has 0 unspecified atom stereocenters. The van der Waals surface area contributed by atoms with E-state index in [4.69, 9.17) is 14.6 Å². The summed E-state index contributed by atoms with van der Waals surface area (Å²) in [5, 5.41) is 11.4. The predicted molar refractivity (Wildman–Crippen MR) is 82.0 cm³/mol. The number of amides is 1. The number of carbonyl (C=O) groups excluding carboxylic acids is 1. The van der Waals surface area contributed by atoms with Gasteiger partial charge in [-0.15, -0.1) is 0 Å². The standard InChI is InChI=1S/C16H26FNO4/c1-16(2,3)22-15(20)18-9-5-6-12-13(17)7-4-8-14(12)21-11-10-19/h8,19H,4-7,9-11H2,1-3H3,(H,18,20). The van der Waals surface area contributed by atoms with Gasteiger partial charge in [0.25, 0.3) is 0 Å². The van der Waals surface area contributed by atoms with Crippen molar-refractivity contribution >= 4 is 6.09 Å². The van der Waals surface area contributed by atoms with E-state index in [-0.39, 0.29) is 19.0 Å². The first-order valence-corrected chi connectivity index (χ1v) is 7.62. The summed E-state index contributed by atoms with van der Waals surface area (Å²) in [5.41, 5.74) is 0.00143. The molecule has 0 aromatic rings. The van der Waals surface area contributed by atoms with Crippen LogP contribution < -0.4 is 5.32 Å². The second kappa shape index (κ2) is 8.78. The van der Waals surface area contributed by atoms with Crippen LogP contribution in [0.1, 0.15) is 46.5 Å². The molecule has 0 aliphatic heterocycles. The number of nitrogens with one attached hydrogen (secondary N) is 1. The van der Waals surface area contributed by atoms with Crippen molar-refractivity contribution in [3.05, 3.63) is 23.2 Å². The van der Waals surface area contributed by atoms with Crippen molar-refractivity contribution in [1.29, 1.82) is 0 Å². The van der Waals surface area contributed by atoms with Gasteiger partial charge in [0.15, 0.2) is 0 Å². The fraction of sp³-hybridized carbons (Fsp3) is 0.688. The Hall–Kier alpha value is -1.56. The number of carbonyl (C=O) groups is 1. The van der Waals surface area contributed by atoms with Crippen LogP contribution in [-0.2, 0) is 9.47 Å². The van der Waals surface area contributed by atoms with E-state index in [0.29, 0.717) is 43.6 Å². The van der Waals surface area contributed by atoms with Gasteiger partial charge in [0.05, 0.1) is 6.61 Å². The summed E-state index contributed by atoms with van der Waals surface area (Å²) in [7, 11) is 0. The Bertz CT molecular complexity index is 438. The number of halogens is 1. The maximum absolute atomic E-state index is 13.9. The summed E-state index contributed by atoms with van der Waals surface area (Å²) in [6.45, 7) is 5.84. The van der Waals surface area contributed by atoms with E-state index >= 15 is 0 Å². The average Bonchev–Trinajstić information content (AvgIpc) is 2.41. The van der Waals surface area contributed by atoms with E-state index in [1.165, 1.54) is 0 Å². The van der Waals surface area contributed by atoms with Crippen molar-refractivity contribution in [3.8, 4) is 0 Å². The molecule has 0 saturated carbocycles. The summed E-state index contributed by atoms with van der Waals surface area (Å²) < 4.78 is 24.4. The van der Waals surface area contributed by atoms with Gasteiger partial charge in [0.1, 0.15) is 23.8 Å². The van der Waals surface area contributed by atoms with Crippen molar-refractivity contribution in [2.45, 2.75) is 52.1 Å². The molecule has 0 heterocycles. The molecule has 22 heavy (non-hydrogen) atoms. The lowest BCUT2D eigenvalue weighted by molar-refractivity contribution is 0.0527. The van der Waals surface area contributed by atoms with Gasteiger partial charge in [0.2, 0.25) is 0 Å². The van der Waals surface area contributed by atoms with Crippen molar-refractivity contribution in [3.63, 3.8) is 0 Å². The number of alkyl carbamates (subject to hydrolysis) is 1. The summed E-state index contributed by atoms with van der Waals surface area (Å²) in [4.78, 5) is 11.5. The van der Waals surface area contributed by atoms with E-state index in [1.54, 1.807) is 20.8 Å². The first-order valence-electron chi connectivity index (χ1n) is 7.62. The number of rotatable bonds is 7. The number of hydrogen-bond donors (Lipinski definition) is 2. The van der Waals surface area contributed by atoms with E-state index in [1.807, 2.05) is 6.08 Å². The molecule has 0 fully saturated rings. The molecular weight excluding hydrogens is 289 g/mol. The maximum atomic E-state index is 13.9. The Morgan fingerprint density at radius 1 is 1.45 bits per heavy atom. The van der Waals surface area contributed by atoms with Gasteiger partial charge in [-0.3, -0.25) is 0 Å². The van der Waals surface area contributed by atoms with Crippen molar-refractivity contribution < 1.29 is 23.8 Å². The van der Waals surface area contributed by atoms with E-state index in [9.17, 15) is 9.18 Å². The first-order chi connectivity index (χ1) is 10.3. The van der Waals surface area contributed by atoms with Crippen LogP contribution in [0.3, 0.4) is 0 Å². The lowest BCUT2D eigenvalue weighted by Gasteiger charge is -2.20. The highest BCUT2D eigenvalue weighted by Gasteiger charge is 2.18. The van der Waals surface area contributed by atoms with Gasteiger partial charge in [0, 0.05) is 18.5 Å². The summed E-state index contributed by atoms with van der Waals surface area (Å²) >= 11 is 0. The molecule has 1 rings (SSSR count). The molecule has 5 nitrogen and oxygen atoms in total. The van der Waals surface area contributed by atoms with Gasteiger partial charge in [-0.25, -0.2) is 9.18 Å². The third-order valence-electron chi connectivity index (χ3n) is 2.94. The Morgan fingerprint density at radius 3 is 2.82 bits per heavy atom. The molecule has 0 aromatic carbocycles. The molecule has 1 aliphatic rings. The van der Waals surface area contributed by atoms with Crippen LogP contribution in [-0.4, -0.2) is 36.6 Å². The summed E-state index contributed by atoms with van der Waals surface area (Å²) in [5.74, 6) is 0.336. The van der Waals surface area contributed by atoms with Gasteiger partial charge < -0.3 is 19.9 Å². The van der Waals surface area contributed by atoms with Crippen LogP contribution in [0.5, 0.6) is 0 Å². The van der Waals surface area contributed by atoms with Crippen LogP contribution >= 0.6 is 0 Å². The minimum atomic E-state index is -0.532. The topological polar surface area (TPSA) is 67.8 Å². The van der Waals surface area contributed by atoms with Gasteiger partial charge in [-0.1, -0.05) is 0 Å². The van der Waals surface area contributed by atoms with Crippen LogP contribution in [0.4, 0.5) is 9.18 Å². The fourth-order valence-electron chi connectivity index (χ4n) is 2.07. The molecule has 0 radical (unpaired) electrons. The number of ether oxygens (including phenoxy) is 2. The van der Waals surface area contributed by atoms with Crippen molar-refractivity contribution in [2.24, 2.45) is 0 Å². The molecule has 1 aliphatic carbocycles. The quantitative estimate of drug-likeness (QED) is 0.708. The molecule has 0 aromatic heterocycles. The highest BCUT2D eigenvalue weighted by atomic mass is 19.1. The first kappa shape index (κ1) is 18.5. The third-order valence-corrected chi connectivity index (χ3v) is 2.94. The smallest absolute Gasteiger partial charge is 0.407 e. The summed E-state index contributed by atoms with van der Waals surface area (Å²) in [6.07, 6.45) is 3.40. The SMILES string of the molecule is CC(C)(C)OC(=O)NCCCC1=C(F)CCC=C1OCCO. The Labute approximate surface area is 131 Å². The predicted octanol–water partition coefficient (Wildman–Crippen LogP) is 3.20. The zero-order valence-electron chi connectivity index (χ0n) is 13.6. The minimum absolute atomic E-state index is 0.105. The van der Waals surface area contributed by atoms with Crippen LogP contribution in [0.2, 0.25) is 0 Å². The highest BCUT2D eigenvalue weighted by molar-refractivity contribution is 5.67. The van der Waals surface area contributed by atoms with E-state index in [0.717, 1.165) is 0 Å².